The van der Waals surface area contributed by atoms with Gasteiger partial charge in [-0.15, -0.1) is 0 Å². The number of rotatable bonds is 3. The van der Waals surface area contributed by atoms with Crippen LogP contribution in [0.2, 0.25) is 5.02 Å². The van der Waals surface area contributed by atoms with Crippen molar-refractivity contribution in [1.29, 1.82) is 0 Å². The van der Waals surface area contributed by atoms with Crippen molar-refractivity contribution >= 4 is 23.4 Å². The average Bonchev–Trinajstić information content (AvgIpc) is 2.86. The third-order valence-electron chi connectivity index (χ3n) is 5.53. The molecule has 0 aromatic heterocycles. The maximum atomic E-state index is 12.7. The fraction of sp³-hybridized carbons (Fsp3) is 0.619. The first-order valence-corrected chi connectivity index (χ1v) is 10.3. The van der Waals surface area contributed by atoms with Gasteiger partial charge in [0, 0.05) is 49.9 Å². The maximum Gasteiger partial charge on any atom is 0.253 e. The van der Waals surface area contributed by atoms with Gasteiger partial charge in [-0.25, -0.2) is 0 Å². The summed E-state index contributed by atoms with van der Waals surface area (Å²) in [6.07, 6.45) is 2.08. The highest BCUT2D eigenvalue weighted by Crippen LogP contribution is 2.21. The predicted octanol–water partition coefficient (Wildman–Crippen LogP) is 2.99. The van der Waals surface area contributed by atoms with E-state index >= 15 is 0 Å². The maximum absolute atomic E-state index is 12.7. The molecule has 27 heavy (non-hydrogen) atoms. The molecule has 2 aliphatic heterocycles. The van der Waals surface area contributed by atoms with E-state index in [-0.39, 0.29) is 11.8 Å². The monoisotopic (exact) mass is 391 g/mol. The van der Waals surface area contributed by atoms with Gasteiger partial charge in [-0.2, -0.15) is 0 Å². The molecule has 0 N–H and O–H groups in total. The van der Waals surface area contributed by atoms with Gasteiger partial charge in [-0.3, -0.25) is 14.5 Å². The molecule has 148 valence electrons. The van der Waals surface area contributed by atoms with Gasteiger partial charge in [0.25, 0.3) is 5.91 Å². The molecule has 1 aromatic rings. The van der Waals surface area contributed by atoms with Crippen molar-refractivity contribution in [1.82, 2.24) is 14.7 Å². The van der Waals surface area contributed by atoms with Crippen molar-refractivity contribution in [3.63, 3.8) is 0 Å². The Kier molecular flexibility index (Phi) is 6.77. The number of halogens is 1. The van der Waals surface area contributed by atoms with E-state index in [0.29, 0.717) is 42.1 Å². The summed E-state index contributed by atoms with van der Waals surface area (Å²) in [7, 11) is 0. The Morgan fingerprint density at radius 1 is 1.04 bits per heavy atom. The lowest BCUT2D eigenvalue weighted by molar-refractivity contribution is -0.135. The van der Waals surface area contributed by atoms with E-state index in [9.17, 15) is 9.59 Å². The lowest BCUT2D eigenvalue weighted by Crippen LogP contribution is -2.47. The summed E-state index contributed by atoms with van der Waals surface area (Å²) in [6.45, 7) is 9.59. The summed E-state index contributed by atoms with van der Waals surface area (Å²) in [6, 6.07) is 7.10. The molecule has 0 bridgehead atoms. The molecule has 0 spiro atoms. The topological polar surface area (TPSA) is 43.9 Å². The molecule has 2 unspecified atom stereocenters. The number of nitrogens with zero attached hydrogens (tertiary/aromatic N) is 3. The fourth-order valence-electron chi connectivity index (χ4n) is 4.29. The smallest absolute Gasteiger partial charge is 0.253 e. The van der Waals surface area contributed by atoms with Crippen LogP contribution < -0.4 is 0 Å². The number of amides is 2. The summed E-state index contributed by atoms with van der Waals surface area (Å²) in [5.74, 6) is 1.40. The van der Waals surface area contributed by atoms with Crippen LogP contribution in [-0.2, 0) is 4.79 Å². The number of hydrogen-bond acceptors (Lipinski definition) is 3. The summed E-state index contributed by atoms with van der Waals surface area (Å²) in [5, 5.41) is 0.577. The van der Waals surface area contributed by atoms with E-state index < -0.39 is 0 Å². The molecule has 2 aliphatic rings. The van der Waals surface area contributed by atoms with Crippen LogP contribution in [0.15, 0.2) is 24.3 Å². The van der Waals surface area contributed by atoms with Crippen LogP contribution in [0.5, 0.6) is 0 Å². The molecule has 2 fully saturated rings. The van der Waals surface area contributed by atoms with Crippen LogP contribution in [0.25, 0.3) is 0 Å². The van der Waals surface area contributed by atoms with Crippen molar-refractivity contribution in [3.8, 4) is 0 Å². The Morgan fingerprint density at radius 2 is 1.78 bits per heavy atom. The Balaban J connectivity index is 1.53. The van der Waals surface area contributed by atoms with Gasteiger partial charge in [0.1, 0.15) is 0 Å². The Labute approximate surface area is 167 Å². The molecule has 6 heteroatoms. The minimum atomic E-state index is 0.0179. The lowest BCUT2D eigenvalue weighted by Gasteiger charge is -2.36. The van der Waals surface area contributed by atoms with Crippen LogP contribution in [0.3, 0.4) is 0 Å². The SMILES string of the molecule is CC1CC(C)CN(C(=O)CN2CCCN(C(=O)c3cccc(Cl)c3)CC2)C1. The highest BCUT2D eigenvalue weighted by molar-refractivity contribution is 6.30. The molecule has 0 aliphatic carbocycles. The van der Waals surface area contributed by atoms with Gasteiger partial charge in [-0.05, 0) is 42.9 Å². The number of piperidine rings is 1. The highest BCUT2D eigenvalue weighted by Gasteiger charge is 2.27. The van der Waals surface area contributed by atoms with Gasteiger partial charge in [0.05, 0.1) is 6.54 Å². The van der Waals surface area contributed by atoms with E-state index in [2.05, 4.69) is 18.7 Å². The number of carbonyl (C=O) groups excluding carboxylic acids is 2. The molecule has 1 aromatic carbocycles. The number of likely N-dealkylation sites (tertiary alicyclic amines) is 1. The largest absolute Gasteiger partial charge is 0.341 e. The second-order valence-corrected chi connectivity index (χ2v) is 8.61. The van der Waals surface area contributed by atoms with Crippen molar-refractivity contribution in [2.75, 3.05) is 45.8 Å². The van der Waals surface area contributed by atoms with Crippen molar-refractivity contribution in [2.24, 2.45) is 11.8 Å². The van der Waals surface area contributed by atoms with E-state index in [1.54, 1.807) is 24.3 Å². The molecule has 3 rings (SSSR count). The van der Waals surface area contributed by atoms with Crippen LogP contribution in [0.1, 0.15) is 37.0 Å². The van der Waals surface area contributed by atoms with E-state index in [1.165, 1.54) is 6.42 Å². The lowest BCUT2D eigenvalue weighted by atomic mass is 9.92. The standard InChI is InChI=1S/C21H30ClN3O2/c1-16-11-17(2)14-25(13-16)20(26)15-23-7-4-8-24(10-9-23)21(27)18-5-3-6-19(22)12-18/h3,5-6,12,16-17H,4,7-11,13-15H2,1-2H3. The van der Waals surface area contributed by atoms with E-state index in [4.69, 9.17) is 11.6 Å². The van der Waals surface area contributed by atoms with Crippen molar-refractivity contribution < 1.29 is 9.59 Å². The predicted molar refractivity (Wildman–Crippen MR) is 108 cm³/mol. The quantitative estimate of drug-likeness (QED) is 0.795. The third kappa shape index (κ3) is 5.45. The first kappa shape index (κ1) is 20.2. The Bertz CT molecular complexity index is 671. The van der Waals surface area contributed by atoms with Crippen molar-refractivity contribution in [2.45, 2.75) is 26.7 Å². The second-order valence-electron chi connectivity index (χ2n) is 8.18. The molecular formula is C21H30ClN3O2. The third-order valence-corrected chi connectivity index (χ3v) is 5.76. The van der Waals surface area contributed by atoms with Crippen LogP contribution in [0, 0.1) is 11.8 Å². The van der Waals surface area contributed by atoms with Crippen LogP contribution >= 0.6 is 11.6 Å². The first-order valence-electron chi connectivity index (χ1n) is 9.97. The Hall–Kier alpha value is -1.59. The molecule has 0 radical (unpaired) electrons. The van der Waals surface area contributed by atoms with E-state index in [0.717, 1.165) is 32.6 Å². The normalized spacial score (nSPS) is 24.6. The average molecular weight is 392 g/mol. The van der Waals surface area contributed by atoms with Crippen LogP contribution in [-0.4, -0.2) is 72.3 Å². The number of carbonyl (C=O) groups is 2. The molecule has 2 atom stereocenters. The van der Waals surface area contributed by atoms with E-state index in [1.807, 2.05) is 9.80 Å². The Morgan fingerprint density at radius 3 is 2.48 bits per heavy atom. The zero-order valence-corrected chi connectivity index (χ0v) is 17.1. The number of benzene rings is 1. The summed E-state index contributed by atoms with van der Waals surface area (Å²) in [5.41, 5.74) is 0.628. The fourth-order valence-corrected chi connectivity index (χ4v) is 4.48. The molecule has 0 saturated carbocycles. The number of hydrogen-bond donors (Lipinski definition) is 0. The van der Waals surface area contributed by atoms with Gasteiger partial charge in [0.2, 0.25) is 5.91 Å². The van der Waals surface area contributed by atoms with Gasteiger partial charge in [-0.1, -0.05) is 31.5 Å². The zero-order valence-electron chi connectivity index (χ0n) is 16.4. The highest BCUT2D eigenvalue weighted by atomic mass is 35.5. The van der Waals surface area contributed by atoms with Gasteiger partial charge < -0.3 is 9.80 Å². The minimum absolute atomic E-state index is 0.0179. The summed E-state index contributed by atoms with van der Waals surface area (Å²) in [4.78, 5) is 31.6. The van der Waals surface area contributed by atoms with Crippen LogP contribution in [0.4, 0.5) is 0 Å². The first-order chi connectivity index (χ1) is 12.9. The van der Waals surface area contributed by atoms with Gasteiger partial charge >= 0.3 is 0 Å². The molecule has 2 saturated heterocycles. The zero-order chi connectivity index (χ0) is 19.4. The molecule has 5 nitrogen and oxygen atoms in total. The second kappa shape index (κ2) is 9.07. The van der Waals surface area contributed by atoms with Gasteiger partial charge in [0.15, 0.2) is 0 Å². The summed E-state index contributed by atoms with van der Waals surface area (Å²) >= 11 is 6.01. The molecule has 2 heterocycles. The minimum Gasteiger partial charge on any atom is -0.341 e. The summed E-state index contributed by atoms with van der Waals surface area (Å²) < 4.78 is 0. The van der Waals surface area contributed by atoms with Crippen molar-refractivity contribution in [3.05, 3.63) is 34.9 Å². The molecule has 2 amide bonds. The molecular weight excluding hydrogens is 362 g/mol.